The molecule has 5 rings (SSSR count). The van der Waals surface area contributed by atoms with Crippen molar-refractivity contribution in [2.45, 2.75) is 82.8 Å². The maximum atomic E-state index is 12.7. The summed E-state index contributed by atoms with van der Waals surface area (Å²) in [7, 11) is 0. The first kappa shape index (κ1) is 19.3. The van der Waals surface area contributed by atoms with Crippen LogP contribution in [0, 0.1) is 0 Å². The molecule has 1 aliphatic carbocycles. The van der Waals surface area contributed by atoms with Gasteiger partial charge in [-0.05, 0) is 46.1 Å². The van der Waals surface area contributed by atoms with Crippen molar-refractivity contribution < 1.29 is 19.4 Å². The summed E-state index contributed by atoms with van der Waals surface area (Å²) < 4.78 is 11.5. The van der Waals surface area contributed by atoms with Crippen molar-refractivity contribution in [2.24, 2.45) is 0 Å². The highest BCUT2D eigenvalue weighted by Crippen LogP contribution is 2.34. The van der Waals surface area contributed by atoms with Crippen molar-refractivity contribution >= 4 is 11.8 Å². The Morgan fingerprint density at radius 1 is 1.21 bits per heavy atom. The number of carbonyl (C=O) groups excluding carboxylic acids is 1. The van der Waals surface area contributed by atoms with Gasteiger partial charge in [0, 0.05) is 49.9 Å². The Bertz CT molecular complexity index is 714. The number of hydrogen-bond donors (Lipinski definition) is 1. The molecule has 4 heterocycles. The Balaban J connectivity index is 1.46. The van der Waals surface area contributed by atoms with E-state index in [9.17, 15) is 9.90 Å². The molecule has 3 saturated heterocycles. The molecule has 1 saturated carbocycles. The quantitative estimate of drug-likeness (QED) is 0.857. The van der Waals surface area contributed by atoms with Crippen LogP contribution in [0.2, 0.25) is 0 Å². The summed E-state index contributed by atoms with van der Waals surface area (Å²) in [6.07, 6.45) is 5.91. The molecular formula is C21H31N3O4. The van der Waals surface area contributed by atoms with E-state index in [1.807, 2.05) is 37.8 Å². The van der Waals surface area contributed by atoms with Gasteiger partial charge in [-0.3, -0.25) is 0 Å². The van der Waals surface area contributed by atoms with Crippen LogP contribution in [0.4, 0.5) is 10.5 Å². The number of nitrogens with zero attached hydrogens (tertiary/aromatic N) is 3. The zero-order chi connectivity index (χ0) is 19.9. The van der Waals surface area contributed by atoms with Gasteiger partial charge in [0.25, 0.3) is 0 Å². The third-order valence-electron chi connectivity index (χ3n) is 5.81. The number of fused-ring (bicyclic) bond motifs is 4. The Morgan fingerprint density at radius 2 is 1.96 bits per heavy atom. The number of amides is 1. The lowest BCUT2D eigenvalue weighted by Crippen LogP contribution is -2.59. The van der Waals surface area contributed by atoms with Crippen LogP contribution < -0.4 is 9.64 Å². The highest BCUT2D eigenvalue weighted by atomic mass is 16.6. The number of anilines is 1. The molecule has 0 aromatic carbocycles. The minimum absolute atomic E-state index is 0.0565. The van der Waals surface area contributed by atoms with E-state index < -0.39 is 5.60 Å². The first-order chi connectivity index (χ1) is 13.3. The molecule has 7 nitrogen and oxygen atoms in total. The molecule has 1 N–H and O–H groups in total. The number of aromatic nitrogens is 1. The molecule has 1 aromatic rings. The monoisotopic (exact) mass is 389 g/mol. The molecule has 28 heavy (non-hydrogen) atoms. The van der Waals surface area contributed by atoms with Gasteiger partial charge in [0.1, 0.15) is 11.7 Å². The molecule has 4 fully saturated rings. The number of aliphatic hydroxyl groups is 1. The van der Waals surface area contributed by atoms with Gasteiger partial charge in [-0.25, -0.2) is 9.78 Å². The fourth-order valence-corrected chi connectivity index (χ4v) is 4.34. The van der Waals surface area contributed by atoms with E-state index in [2.05, 4.69) is 9.88 Å². The van der Waals surface area contributed by atoms with E-state index in [1.54, 1.807) is 6.20 Å². The zero-order valence-corrected chi connectivity index (χ0v) is 17.0. The predicted molar refractivity (Wildman–Crippen MR) is 106 cm³/mol. The van der Waals surface area contributed by atoms with Crippen LogP contribution in [-0.4, -0.2) is 64.1 Å². The van der Waals surface area contributed by atoms with Gasteiger partial charge in [0.05, 0.1) is 12.1 Å². The van der Waals surface area contributed by atoms with Crippen molar-refractivity contribution in [3.05, 3.63) is 18.3 Å². The van der Waals surface area contributed by atoms with Gasteiger partial charge in [-0.1, -0.05) is 0 Å². The highest BCUT2D eigenvalue weighted by molar-refractivity contribution is 5.69. The van der Waals surface area contributed by atoms with Crippen LogP contribution in [0.15, 0.2) is 18.3 Å². The van der Waals surface area contributed by atoms with Gasteiger partial charge < -0.3 is 24.4 Å². The summed E-state index contributed by atoms with van der Waals surface area (Å²) >= 11 is 0. The summed E-state index contributed by atoms with van der Waals surface area (Å²) in [6.45, 7) is 7.22. The molecule has 154 valence electrons. The maximum Gasteiger partial charge on any atom is 0.410 e. The van der Waals surface area contributed by atoms with Crippen LogP contribution in [0.1, 0.15) is 52.9 Å². The number of pyridine rings is 1. The Kier molecular flexibility index (Phi) is 5.12. The second-order valence-electron chi connectivity index (χ2n) is 9.24. The molecule has 4 aliphatic rings. The van der Waals surface area contributed by atoms with Crippen LogP contribution in [-0.2, 0) is 4.74 Å². The normalized spacial score (nSPS) is 29.9. The first-order valence-electron chi connectivity index (χ1n) is 10.4. The smallest absolute Gasteiger partial charge is 0.410 e. The average molecular weight is 389 g/mol. The van der Waals surface area contributed by atoms with Gasteiger partial charge in [0.15, 0.2) is 0 Å². The fourth-order valence-electron chi connectivity index (χ4n) is 4.34. The number of piperazine rings is 1. The van der Waals surface area contributed by atoms with E-state index in [0.717, 1.165) is 31.5 Å². The van der Waals surface area contributed by atoms with Crippen molar-refractivity contribution in [3.8, 4) is 5.88 Å². The third-order valence-corrected chi connectivity index (χ3v) is 5.81. The first-order valence-corrected chi connectivity index (χ1v) is 10.4. The summed E-state index contributed by atoms with van der Waals surface area (Å²) in [6, 6.07) is 4.43. The zero-order valence-electron chi connectivity index (χ0n) is 17.0. The van der Waals surface area contributed by atoms with E-state index in [0.29, 0.717) is 25.3 Å². The maximum absolute atomic E-state index is 12.7. The van der Waals surface area contributed by atoms with Crippen LogP contribution >= 0.6 is 0 Å². The largest absolute Gasteiger partial charge is 0.474 e. The van der Waals surface area contributed by atoms with Gasteiger partial charge >= 0.3 is 6.09 Å². The lowest BCUT2D eigenvalue weighted by atomic mass is 9.92. The molecule has 7 heteroatoms. The van der Waals surface area contributed by atoms with E-state index in [1.165, 1.54) is 0 Å². The molecular weight excluding hydrogens is 358 g/mol. The lowest BCUT2D eigenvalue weighted by Gasteiger charge is -2.45. The van der Waals surface area contributed by atoms with E-state index in [-0.39, 0.29) is 30.4 Å². The van der Waals surface area contributed by atoms with Crippen LogP contribution in [0.3, 0.4) is 0 Å². The SMILES string of the molecule is CC(C)(C)OC(=O)N1CC2CCCC1CN2c1ccnc(O[C@H]2C[C@@H](O)C2)c1. The van der Waals surface area contributed by atoms with E-state index >= 15 is 0 Å². The van der Waals surface area contributed by atoms with Crippen LogP contribution in [0.5, 0.6) is 5.88 Å². The Labute approximate surface area is 166 Å². The van der Waals surface area contributed by atoms with Crippen molar-refractivity contribution in [1.29, 1.82) is 0 Å². The molecule has 0 spiro atoms. The molecule has 2 unspecified atom stereocenters. The minimum atomic E-state index is -0.477. The van der Waals surface area contributed by atoms with Crippen molar-refractivity contribution in [2.75, 3.05) is 18.0 Å². The molecule has 2 atom stereocenters. The second-order valence-corrected chi connectivity index (χ2v) is 9.24. The number of hydrogen-bond acceptors (Lipinski definition) is 6. The minimum Gasteiger partial charge on any atom is -0.474 e. The van der Waals surface area contributed by atoms with Gasteiger partial charge in [-0.2, -0.15) is 0 Å². The third kappa shape index (κ3) is 4.19. The van der Waals surface area contributed by atoms with Crippen molar-refractivity contribution in [1.82, 2.24) is 9.88 Å². The summed E-state index contributed by atoms with van der Waals surface area (Å²) in [4.78, 5) is 21.3. The number of rotatable bonds is 3. The average Bonchev–Trinajstić information content (AvgIpc) is 2.93. The number of ether oxygens (including phenoxy) is 2. The molecule has 0 radical (unpaired) electrons. The predicted octanol–water partition coefficient (Wildman–Crippen LogP) is 2.96. The summed E-state index contributed by atoms with van der Waals surface area (Å²) in [5, 5.41) is 9.45. The van der Waals surface area contributed by atoms with E-state index in [4.69, 9.17) is 9.47 Å². The lowest BCUT2D eigenvalue weighted by molar-refractivity contribution is -0.0128. The Hall–Kier alpha value is -2.02. The van der Waals surface area contributed by atoms with Crippen LogP contribution in [0.25, 0.3) is 0 Å². The second kappa shape index (κ2) is 7.43. The molecule has 2 bridgehead atoms. The molecule has 3 aliphatic heterocycles. The molecule has 1 amide bonds. The van der Waals surface area contributed by atoms with Gasteiger partial charge in [-0.15, -0.1) is 0 Å². The van der Waals surface area contributed by atoms with Gasteiger partial charge in [0.2, 0.25) is 5.88 Å². The van der Waals surface area contributed by atoms with Crippen molar-refractivity contribution in [3.63, 3.8) is 0 Å². The summed E-state index contributed by atoms with van der Waals surface area (Å²) in [5.41, 5.74) is 0.611. The number of aliphatic hydroxyl groups excluding tert-OH is 1. The highest BCUT2D eigenvalue weighted by Gasteiger charge is 2.40. The Morgan fingerprint density at radius 3 is 2.68 bits per heavy atom. The number of carbonyl (C=O) groups is 1. The fraction of sp³-hybridized carbons (Fsp3) is 0.714. The topological polar surface area (TPSA) is 75.1 Å². The summed E-state index contributed by atoms with van der Waals surface area (Å²) in [5.74, 6) is 0.610. The standard InChI is InChI=1S/C21H31N3O4/c1-21(2,3)28-20(26)24-13-15-5-4-6-16(24)12-23(15)14-7-8-22-19(9-14)27-18-10-17(25)11-18/h7-9,15-18,25H,4-6,10-13H2,1-3H3/t15?,16?,17-,18+. The molecule has 1 aromatic heterocycles.